The first-order valence-corrected chi connectivity index (χ1v) is 10.1. The van der Waals surface area contributed by atoms with Gasteiger partial charge in [0.05, 0.1) is 17.9 Å². The van der Waals surface area contributed by atoms with Crippen molar-refractivity contribution in [3.8, 4) is 0 Å². The third-order valence-electron chi connectivity index (χ3n) is 5.13. The van der Waals surface area contributed by atoms with Crippen molar-refractivity contribution in [3.05, 3.63) is 35.6 Å². The fourth-order valence-electron chi connectivity index (χ4n) is 3.58. The lowest BCUT2D eigenvalue weighted by atomic mass is 9.96. The quantitative estimate of drug-likeness (QED) is 0.768. The zero-order valence-electron chi connectivity index (χ0n) is 16.2. The smallest absolute Gasteiger partial charge is 0.475 e. The Morgan fingerprint density at radius 3 is 2.83 bits per heavy atom. The summed E-state index contributed by atoms with van der Waals surface area (Å²) in [5.41, 5.74) is 2.88. The summed E-state index contributed by atoms with van der Waals surface area (Å²) in [6.07, 6.45) is -1.08. The maximum Gasteiger partial charge on any atom is 0.490 e. The average molecular weight is 445 g/mol. The molecule has 0 aliphatic carbocycles. The van der Waals surface area contributed by atoms with Gasteiger partial charge in [-0.05, 0) is 32.0 Å². The Labute approximate surface area is 175 Å². The van der Waals surface area contributed by atoms with Crippen LogP contribution >= 0.6 is 11.3 Å². The van der Waals surface area contributed by atoms with Crippen molar-refractivity contribution in [2.75, 3.05) is 31.6 Å². The number of halogens is 3. The second-order valence-electron chi connectivity index (χ2n) is 7.28. The Bertz CT molecular complexity index is 824. The summed E-state index contributed by atoms with van der Waals surface area (Å²) in [5.74, 6) is -2.76. The molecule has 164 valence electrons. The minimum atomic E-state index is -5.08. The lowest BCUT2D eigenvalue weighted by Gasteiger charge is -2.25. The molecule has 2 aliphatic heterocycles. The summed E-state index contributed by atoms with van der Waals surface area (Å²) in [7, 11) is 2.17. The number of ether oxygens (including phenoxy) is 1. The Hall–Kier alpha value is -2.31. The van der Waals surface area contributed by atoms with Gasteiger partial charge in [0.2, 0.25) is 5.13 Å². The highest BCUT2D eigenvalue weighted by Gasteiger charge is 2.47. The molecule has 12 heteroatoms. The molecule has 0 saturated carbocycles. The van der Waals surface area contributed by atoms with Crippen LogP contribution in [0.1, 0.15) is 18.5 Å². The van der Waals surface area contributed by atoms with Crippen molar-refractivity contribution in [2.45, 2.75) is 37.2 Å². The van der Waals surface area contributed by atoms with E-state index in [9.17, 15) is 13.2 Å². The van der Waals surface area contributed by atoms with E-state index in [1.165, 1.54) is 0 Å². The van der Waals surface area contributed by atoms with Crippen LogP contribution in [0, 0.1) is 0 Å². The van der Waals surface area contributed by atoms with E-state index >= 15 is 0 Å². The Kier molecular flexibility index (Phi) is 6.88. The molecule has 4 rings (SSSR count). The number of alkyl halides is 3. The van der Waals surface area contributed by atoms with Gasteiger partial charge >= 0.3 is 12.1 Å². The largest absolute Gasteiger partial charge is 0.490 e. The summed E-state index contributed by atoms with van der Waals surface area (Å²) in [6, 6.07) is 6.53. The van der Waals surface area contributed by atoms with E-state index in [2.05, 4.69) is 38.1 Å². The highest BCUT2D eigenvalue weighted by Crippen LogP contribution is 2.38. The van der Waals surface area contributed by atoms with Crippen LogP contribution in [0.25, 0.3) is 0 Å². The first-order chi connectivity index (χ1) is 14.2. The SMILES string of the molecule is CN(Cc1ccccn1)C1COC2(CCN(c3nncs3)C2)C1.O=C(O)C(F)(F)F. The monoisotopic (exact) mass is 445 g/mol. The van der Waals surface area contributed by atoms with Crippen LogP contribution in [0.15, 0.2) is 29.9 Å². The van der Waals surface area contributed by atoms with E-state index in [1.54, 1.807) is 16.8 Å². The molecule has 8 nitrogen and oxygen atoms in total. The summed E-state index contributed by atoms with van der Waals surface area (Å²) in [5, 5.41) is 16.3. The predicted molar refractivity (Wildman–Crippen MR) is 103 cm³/mol. The van der Waals surface area contributed by atoms with Crippen molar-refractivity contribution in [1.29, 1.82) is 0 Å². The summed E-state index contributed by atoms with van der Waals surface area (Å²) in [6.45, 7) is 3.60. The first-order valence-electron chi connectivity index (χ1n) is 9.24. The van der Waals surface area contributed by atoms with Gasteiger partial charge < -0.3 is 14.7 Å². The van der Waals surface area contributed by atoms with Crippen LogP contribution in [0.5, 0.6) is 0 Å². The molecule has 0 radical (unpaired) electrons. The molecular weight excluding hydrogens is 423 g/mol. The maximum absolute atomic E-state index is 10.6. The van der Waals surface area contributed by atoms with Crippen molar-refractivity contribution >= 4 is 22.4 Å². The normalized spacial score (nSPS) is 23.6. The van der Waals surface area contributed by atoms with Gasteiger partial charge in [-0.25, -0.2) is 4.79 Å². The number of carbonyl (C=O) groups is 1. The van der Waals surface area contributed by atoms with Crippen LogP contribution < -0.4 is 4.90 Å². The molecular formula is C18H22F3N5O3S. The van der Waals surface area contributed by atoms with E-state index in [0.717, 1.165) is 49.9 Å². The summed E-state index contributed by atoms with van der Waals surface area (Å²) >= 11 is 1.60. The zero-order chi connectivity index (χ0) is 21.8. The highest BCUT2D eigenvalue weighted by molar-refractivity contribution is 7.13. The molecule has 2 aromatic rings. The van der Waals surface area contributed by atoms with Gasteiger partial charge in [-0.3, -0.25) is 9.88 Å². The fourth-order valence-corrected chi connectivity index (χ4v) is 4.16. The van der Waals surface area contributed by atoms with Crippen LogP contribution in [-0.2, 0) is 16.1 Å². The minimum absolute atomic E-state index is 0.0191. The number of pyridine rings is 1. The average Bonchev–Trinajstić information content (AvgIpc) is 3.44. The molecule has 0 aromatic carbocycles. The Morgan fingerprint density at radius 2 is 2.23 bits per heavy atom. The second kappa shape index (κ2) is 9.23. The molecule has 2 saturated heterocycles. The molecule has 1 spiro atoms. The molecule has 1 N–H and O–H groups in total. The topological polar surface area (TPSA) is 91.7 Å². The number of rotatable bonds is 4. The number of hydrogen-bond acceptors (Lipinski definition) is 8. The van der Waals surface area contributed by atoms with Crippen LogP contribution in [0.4, 0.5) is 18.3 Å². The first kappa shape index (κ1) is 22.4. The number of carboxylic acid groups (broad SMARTS) is 1. The molecule has 2 aliphatic rings. The predicted octanol–water partition coefficient (Wildman–Crippen LogP) is 2.44. The van der Waals surface area contributed by atoms with Gasteiger partial charge in [-0.1, -0.05) is 17.4 Å². The third kappa shape index (κ3) is 5.64. The lowest BCUT2D eigenvalue weighted by Crippen LogP contribution is -2.36. The van der Waals surface area contributed by atoms with E-state index in [4.69, 9.17) is 14.6 Å². The Balaban J connectivity index is 0.000000318. The molecule has 2 fully saturated rings. The van der Waals surface area contributed by atoms with E-state index in [0.29, 0.717) is 6.04 Å². The number of aliphatic carboxylic acids is 1. The van der Waals surface area contributed by atoms with Gasteiger partial charge in [0.1, 0.15) is 5.51 Å². The van der Waals surface area contributed by atoms with Crippen LogP contribution in [-0.4, -0.2) is 75.7 Å². The lowest BCUT2D eigenvalue weighted by molar-refractivity contribution is -0.192. The maximum atomic E-state index is 10.6. The number of carboxylic acids is 1. The van der Waals surface area contributed by atoms with Gasteiger partial charge in [0.25, 0.3) is 0 Å². The second-order valence-corrected chi connectivity index (χ2v) is 8.10. The number of aromatic nitrogens is 3. The minimum Gasteiger partial charge on any atom is -0.475 e. The number of anilines is 1. The third-order valence-corrected chi connectivity index (χ3v) is 5.88. The van der Waals surface area contributed by atoms with Crippen molar-refractivity contribution in [1.82, 2.24) is 20.1 Å². The molecule has 2 atom stereocenters. The molecule has 2 unspecified atom stereocenters. The van der Waals surface area contributed by atoms with Crippen molar-refractivity contribution < 1.29 is 27.8 Å². The summed E-state index contributed by atoms with van der Waals surface area (Å²) in [4.78, 5) is 18.0. The van der Waals surface area contributed by atoms with E-state index in [-0.39, 0.29) is 5.60 Å². The van der Waals surface area contributed by atoms with Gasteiger partial charge in [0, 0.05) is 31.9 Å². The Morgan fingerprint density at radius 1 is 1.47 bits per heavy atom. The van der Waals surface area contributed by atoms with Crippen molar-refractivity contribution in [2.24, 2.45) is 0 Å². The molecule has 30 heavy (non-hydrogen) atoms. The standard InChI is InChI=1S/C16H21N5OS.C2HF3O2/c1-20(9-13-4-2-3-6-17-13)14-8-16(22-10-14)5-7-21(11-16)15-19-18-12-23-15;3-2(4,5)1(6)7/h2-4,6,12,14H,5,7-11H2,1H3;(H,6,7). The number of likely N-dealkylation sites (N-methyl/N-ethyl adjacent to an activating group) is 1. The molecule has 2 aromatic heterocycles. The van der Waals surface area contributed by atoms with Crippen LogP contribution in [0.3, 0.4) is 0 Å². The summed E-state index contributed by atoms with van der Waals surface area (Å²) < 4.78 is 38.0. The fraction of sp³-hybridized carbons (Fsp3) is 0.556. The van der Waals surface area contributed by atoms with Gasteiger partial charge in [-0.2, -0.15) is 13.2 Å². The molecule has 0 amide bonds. The molecule has 4 heterocycles. The zero-order valence-corrected chi connectivity index (χ0v) is 17.1. The molecule has 0 bridgehead atoms. The van der Waals surface area contributed by atoms with Crippen molar-refractivity contribution in [3.63, 3.8) is 0 Å². The number of hydrogen-bond donors (Lipinski definition) is 1. The highest BCUT2D eigenvalue weighted by atomic mass is 32.1. The van der Waals surface area contributed by atoms with Crippen LogP contribution in [0.2, 0.25) is 0 Å². The van der Waals surface area contributed by atoms with E-state index in [1.807, 2.05) is 18.3 Å². The van der Waals surface area contributed by atoms with Gasteiger partial charge in [0.15, 0.2) is 0 Å². The van der Waals surface area contributed by atoms with Gasteiger partial charge in [-0.15, -0.1) is 10.2 Å². The number of nitrogens with zero attached hydrogens (tertiary/aromatic N) is 5. The van der Waals surface area contributed by atoms with E-state index < -0.39 is 12.1 Å².